The van der Waals surface area contributed by atoms with E-state index in [9.17, 15) is 10.1 Å². The molecule has 0 atom stereocenters. The molecule has 0 spiro atoms. The van der Waals surface area contributed by atoms with Crippen LogP contribution in [0, 0.1) is 10.1 Å². The lowest BCUT2D eigenvalue weighted by Gasteiger charge is -2.17. The summed E-state index contributed by atoms with van der Waals surface area (Å²) >= 11 is 3.36. The van der Waals surface area contributed by atoms with Crippen LogP contribution in [0.5, 0.6) is 0 Å². The SMILES string of the molecule is O=[N+]([O-])c1ccc(Br)cc1NC1CCCCCC1. The summed E-state index contributed by atoms with van der Waals surface area (Å²) in [6.45, 7) is 0. The molecule has 18 heavy (non-hydrogen) atoms. The maximum atomic E-state index is 11.0. The second kappa shape index (κ2) is 6.18. The Morgan fingerprint density at radius 1 is 1.22 bits per heavy atom. The molecule has 1 fully saturated rings. The summed E-state index contributed by atoms with van der Waals surface area (Å²) in [4.78, 5) is 10.7. The molecule has 0 saturated heterocycles. The molecule has 0 bridgehead atoms. The summed E-state index contributed by atoms with van der Waals surface area (Å²) in [6.07, 6.45) is 7.17. The first kappa shape index (κ1) is 13.3. The number of hydrogen-bond donors (Lipinski definition) is 1. The molecule has 0 amide bonds. The van der Waals surface area contributed by atoms with Crippen molar-refractivity contribution in [2.75, 3.05) is 5.32 Å². The third-order valence-corrected chi connectivity index (χ3v) is 3.86. The van der Waals surface area contributed by atoms with E-state index >= 15 is 0 Å². The average molecular weight is 313 g/mol. The van der Waals surface area contributed by atoms with Gasteiger partial charge in [-0.05, 0) is 25.0 Å². The van der Waals surface area contributed by atoms with Gasteiger partial charge in [-0.3, -0.25) is 10.1 Å². The van der Waals surface area contributed by atoms with E-state index in [1.807, 2.05) is 0 Å². The molecular formula is C13H17BrN2O2. The van der Waals surface area contributed by atoms with Crippen molar-refractivity contribution in [3.05, 3.63) is 32.8 Å². The fourth-order valence-electron chi connectivity index (χ4n) is 2.43. The average Bonchev–Trinajstić information content (AvgIpc) is 2.57. The Bertz CT molecular complexity index is 429. The molecule has 1 aliphatic rings. The van der Waals surface area contributed by atoms with E-state index in [1.165, 1.54) is 25.7 Å². The Morgan fingerprint density at radius 3 is 2.50 bits per heavy atom. The van der Waals surface area contributed by atoms with Crippen LogP contribution in [0.1, 0.15) is 38.5 Å². The standard InChI is InChI=1S/C13H17BrN2O2/c14-10-7-8-13(16(17)18)12(9-10)15-11-5-3-1-2-4-6-11/h7-9,11,15H,1-6H2. The van der Waals surface area contributed by atoms with Crippen LogP contribution in [0.15, 0.2) is 22.7 Å². The fourth-order valence-corrected chi connectivity index (χ4v) is 2.79. The van der Waals surface area contributed by atoms with Gasteiger partial charge in [0.25, 0.3) is 5.69 Å². The van der Waals surface area contributed by atoms with Crippen LogP contribution in [0.4, 0.5) is 11.4 Å². The van der Waals surface area contributed by atoms with E-state index in [1.54, 1.807) is 18.2 Å². The molecule has 5 heteroatoms. The minimum atomic E-state index is -0.328. The van der Waals surface area contributed by atoms with Gasteiger partial charge in [-0.25, -0.2) is 0 Å². The first-order valence-corrected chi connectivity index (χ1v) is 7.16. The summed E-state index contributed by atoms with van der Waals surface area (Å²) in [7, 11) is 0. The van der Waals surface area contributed by atoms with Gasteiger partial charge in [0, 0.05) is 16.6 Å². The van der Waals surface area contributed by atoms with Gasteiger partial charge in [0.15, 0.2) is 0 Å². The van der Waals surface area contributed by atoms with Crippen molar-refractivity contribution in [3.63, 3.8) is 0 Å². The van der Waals surface area contributed by atoms with E-state index in [0.29, 0.717) is 11.7 Å². The number of nitrogens with zero attached hydrogens (tertiary/aromatic N) is 1. The number of rotatable bonds is 3. The third kappa shape index (κ3) is 3.45. The maximum absolute atomic E-state index is 11.0. The van der Waals surface area contributed by atoms with E-state index in [2.05, 4.69) is 21.2 Å². The zero-order valence-electron chi connectivity index (χ0n) is 10.2. The largest absolute Gasteiger partial charge is 0.377 e. The van der Waals surface area contributed by atoms with Crippen LogP contribution in [0.3, 0.4) is 0 Å². The van der Waals surface area contributed by atoms with Crippen molar-refractivity contribution in [3.8, 4) is 0 Å². The Hall–Kier alpha value is -1.10. The van der Waals surface area contributed by atoms with Gasteiger partial charge in [-0.1, -0.05) is 41.6 Å². The van der Waals surface area contributed by atoms with E-state index in [0.717, 1.165) is 17.3 Å². The van der Waals surface area contributed by atoms with Gasteiger partial charge in [0.2, 0.25) is 0 Å². The monoisotopic (exact) mass is 312 g/mol. The van der Waals surface area contributed by atoms with Crippen molar-refractivity contribution >= 4 is 27.3 Å². The molecule has 0 aliphatic heterocycles. The second-order valence-electron chi connectivity index (χ2n) is 4.75. The van der Waals surface area contributed by atoms with Gasteiger partial charge in [0.05, 0.1) is 4.92 Å². The Morgan fingerprint density at radius 2 is 1.89 bits per heavy atom. The van der Waals surface area contributed by atoms with Crippen molar-refractivity contribution in [1.82, 2.24) is 0 Å². The molecule has 98 valence electrons. The number of benzene rings is 1. The molecule has 1 aromatic carbocycles. The molecule has 0 heterocycles. The third-order valence-electron chi connectivity index (χ3n) is 3.37. The zero-order valence-corrected chi connectivity index (χ0v) is 11.8. The lowest BCUT2D eigenvalue weighted by atomic mass is 10.1. The number of halogens is 1. The highest BCUT2D eigenvalue weighted by molar-refractivity contribution is 9.10. The highest BCUT2D eigenvalue weighted by Crippen LogP contribution is 2.30. The molecule has 1 aliphatic carbocycles. The molecule has 0 unspecified atom stereocenters. The summed E-state index contributed by atoms with van der Waals surface area (Å²) in [5.41, 5.74) is 0.781. The predicted octanol–water partition coefficient (Wildman–Crippen LogP) is 4.49. The van der Waals surface area contributed by atoms with Crippen LogP contribution in [-0.4, -0.2) is 11.0 Å². The van der Waals surface area contributed by atoms with Gasteiger partial charge in [-0.15, -0.1) is 0 Å². The van der Waals surface area contributed by atoms with Gasteiger partial charge < -0.3 is 5.32 Å². The van der Waals surface area contributed by atoms with Crippen molar-refractivity contribution < 1.29 is 4.92 Å². The number of nitro benzene ring substituents is 1. The first-order valence-electron chi connectivity index (χ1n) is 6.37. The number of hydrogen-bond acceptors (Lipinski definition) is 3. The van der Waals surface area contributed by atoms with Crippen molar-refractivity contribution in [2.24, 2.45) is 0 Å². The predicted molar refractivity (Wildman–Crippen MR) is 75.9 cm³/mol. The lowest BCUT2D eigenvalue weighted by molar-refractivity contribution is -0.384. The van der Waals surface area contributed by atoms with Gasteiger partial charge >= 0.3 is 0 Å². The Balaban J connectivity index is 2.15. The normalized spacial score (nSPS) is 17.2. The minimum Gasteiger partial charge on any atom is -0.377 e. The molecule has 1 N–H and O–H groups in total. The number of nitro groups is 1. The van der Waals surface area contributed by atoms with Gasteiger partial charge in [0.1, 0.15) is 5.69 Å². The van der Waals surface area contributed by atoms with E-state index in [-0.39, 0.29) is 10.6 Å². The topological polar surface area (TPSA) is 55.2 Å². The molecular weight excluding hydrogens is 296 g/mol. The molecule has 0 radical (unpaired) electrons. The van der Waals surface area contributed by atoms with Crippen LogP contribution < -0.4 is 5.32 Å². The van der Waals surface area contributed by atoms with Crippen LogP contribution in [0.25, 0.3) is 0 Å². The Labute approximate surface area is 115 Å². The second-order valence-corrected chi connectivity index (χ2v) is 5.67. The summed E-state index contributed by atoms with van der Waals surface area (Å²) in [5, 5.41) is 14.3. The highest BCUT2D eigenvalue weighted by Gasteiger charge is 2.18. The lowest BCUT2D eigenvalue weighted by Crippen LogP contribution is -2.19. The first-order chi connectivity index (χ1) is 8.66. The highest BCUT2D eigenvalue weighted by atomic mass is 79.9. The summed E-state index contributed by atoms with van der Waals surface area (Å²) in [5.74, 6) is 0. The van der Waals surface area contributed by atoms with Crippen LogP contribution in [0.2, 0.25) is 0 Å². The van der Waals surface area contributed by atoms with Crippen molar-refractivity contribution in [2.45, 2.75) is 44.6 Å². The van der Waals surface area contributed by atoms with Crippen LogP contribution in [-0.2, 0) is 0 Å². The molecule has 4 nitrogen and oxygen atoms in total. The van der Waals surface area contributed by atoms with Crippen LogP contribution >= 0.6 is 15.9 Å². The van der Waals surface area contributed by atoms with Gasteiger partial charge in [-0.2, -0.15) is 0 Å². The molecule has 1 aromatic rings. The smallest absolute Gasteiger partial charge is 0.292 e. The number of nitrogens with one attached hydrogen (secondary N) is 1. The number of anilines is 1. The molecule has 0 aromatic heterocycles. The van der Waals surface area contributed by atoms with E-state index in [4.69, 9.17) is 0 Å². The van der Waals surface area contributed by atoms with Crippen molar-refractivity contribution in [1.29, 1.82) is 0 Å². The summed E-state index contributed by atoms with van der Waals surface area (Å²) in [6, 6.07) is 5.41. The maximum Gasteiger partial charge on any atom is 0.292 e. The quantitative estimate of drug-likeness (QED) is 0.508. The fraction of sp³-hybridized carbons (Fsp3) is 0.538. The molecule has 2 rings (SSSR count). The molecule has 1 saturated carbocycles. The van der Waals surface area contributed by atoms with E-state index < -0.39 is 0 Å². The minimum absolute atomic E-state index is 0.155. The summed E-state index contributed by atoms with van der Waals surface area (Å²) < 4.78 is 0.865. The zero-order chi connectivity index (χ0) is 13.0. The Kier molecular flexibility index (Phi) is 4.58.